The van der Waals surface area contributed by atoms with Crippen molar-refractivity contribution in [3.8, 4) is 11.5 Å². The molecule has 10 nitrogen and oxygen atoms in total. The van der Waals surface area contributed by atoms with Gasteiger partial charge >= 0.3 is 6.55 Å². The second kappa shape index (κ2) is 8.87. The highest BCUT2D eigenvalue weighted by molar-refractivity contribution is 6.33. The Morgan fingerprint density at radius 2 is 1.95 bits per heavy atom. The monoisotopic (exact) mass is 539 g/mol. The van der Waals surface area contributed by atoms with E-state index in [4.69, 9.17) is 11.6 Å². The highest BCUT2D eigenvalue weighted by Crippen LogP contribution is 2.50. The van der Waals surface area contributed by atoms with Crippen LogP contribution in [0.3, 0.4) is 0 Å². The maximum Gasteiger partial charge on any atom is 0.333 e. The number of nitrogens with one attached hydrogen (secondary N) is 1. The number of halogens is 4. The Kier molecular flexibility index (Phi) is 5.60. The van der Waals surface area contributed by atoms with Crippen molar-refractivity contribution in [3.05, 3.63) is 83.2 Å². The fraction of sp³-hybridized carbons (Fsp3) is 0.208. The first-order valence-electron chi connectivity index (χ1n) is 11.4. The molecule has 0 bridgehead atoms. The lowest BCUT2D eigenvalue weighted by molar-refractivity contribution is -0.117. The number of carbonyl (C=O) groups is 1. The molecule has 6 rings (SSSR count). The standard InChI is InChI=1S/C24H17ClF3N9O/c1-24(12-8-33-36(11-12)23(27)28)7-14(15-10-31-18-6-17(26)35-37(18)20(15)24)22(38)34-13-5-16(25)19(32-9-13)21-29-3-2-4-30-21/h2-6,8-11,14,23H,7H2,1H3,(H,34,38)/t14-,24-/m1/s1. The molecule has 14 heteroatoms. The average Bonchev–Trinajstić information content (AvgIpc) is 3.60. The number of alkyl halides is 2. The topological polar surface area (TPSA) is 116 Å². The molecule has 1 amide bonds. The maximum absolute atomic E-state index is 14.1. The number of hydrogen-bond acceptors (Lipinski definition) is 7. The van der Waals surface area contributed by atoms with Gasteiger partial charge in [-0.3, -0.25) is 4.79 Å². The van der Waals surface area contributed by atoms with Gasteiger partial charge in [-0.25, -0.2) is 29.1 Å². The van der Waals surface area contributed by atoms with E-state index < -0.39 is 29.7 Å². The molecule has 5 aromatic rings. The summed E-state index contributed by atoms with van der Waals surface area (Å²) in [5.41, 5.74) is 1.28. The normalized spacial score (nSPS) is 18.7. The van der Waals surface area contributed by atoms with Crippen LogP contribution >= 0.6 is 11.6 Å². The molecular weight excluding hydrogens is 523 g/mol. The third-order valence-electron chi connectivity index (χ3n) is 6.63. The number of rotatable bonds is 5. The van der Waals surface area contributed by atoms with Crippen LogP contribution in [0.5, 0.6) is 0 Å². The summed E-state index contributed by atoms with van der Waals surface area (Å²) >= 11 is 6.39. The van der Waals surface area contributed by atoms with Crippen molar-refractivity contribution in [2.24, 2.45) is 0 Å². The number of carbonyl (C=O) groups excluding carboxylic acids is 1. The Balaban J connectivity index is 1.37. The summed E-state index contributed by atoms with van der Waals surface area (Å²) in [5.74, 6) is -1.61. The minimum absolute atomic E-state index is 0.169. The average molecular weight is 540 g/mol. The molecule has 1 aliphatic rings. The van der Waals surface area contributed by atoms with E-state index in [2.05, 4.69) is 35.5 Å². The van der Waals surface area contributed by atoms with Crippen LogP contribution in [0.4, 0.5) is 18.9 Å². The van der Waals surface area contributed by atoms with Crippen LogP contribution < -0.4 is 5.32 Å². The summed E-state index contributed by atoms with van der Waals surface area (Å²) in [5, 5.41) is 10.7. The van der Waals surface area contributed by atoms with E-state index in [0.717, 1.165) is 6.07 Å². The van der Waals surface area contributed by atoms with Gasteiger partial charge in [0.2, 0.25) is 11.9 Å². The number of amides is 1. The number of hydrogen-bond donors (Lipinski definition) is 1. The molecule has 1 N–H and O–H groups in total. The highest BCUT2D eigenvalue weighted by atomic mass is 35.5. The second-order valence-electron chi connectivity index (χ2n) is 8.99. The number of aromatic nitrogens is 8. The third kappa shape index (κ3) is 3.86. The number of pyridine rings is 1. The minimum Gasteiger partial charge on any atom is -0.324 e. The van der Waals surface area contributed by atoms with E-state index in [0.29, 0.717) is 38.7 Å². The van der Waals surface area contributed by atoms with Crippen molar-refractivity contribution in [2.45, 2.75) is 31.2 Å². The molecule has 0 unspecified atom stereocenters. The minimum atomic E-state index is -2.84. The fourth-order valence-corrected chi connectivity index (χ4v) is 5.13. The third-order valence-corrected chi connectivity index (χ3v) is 6.92. The Morgan fingerprint density at radius 1 is 1.16 bits per heavy atom. The molecule has 0 aromatic carbocycles. The summed E-state index contributed by atoms with van der Waals surface area (Å²) in [6.45, 7) is -1.06. The predicted molar refractivity (Wildman–Crippen MR) is 129 cm³/mol. The first kappa shape index (κ1) is 24.0. The van der Waals surface area contributed by atoms with Crippen LogP contribution in [0.15, 0.2) is 55.4 Å². The molecular formula is C24H17ClF3N9O. The molecule has 0 radical (unpaired) electrons. The highest BCUT2D eigenvalue weighted by Gasteiger charge is 2.48. The van der Waals surface area contributed by atoms with E-state index in [9.17, 15) is 18.0 Å². The van der Waals surface area contributed by atoms with Gasteiger partial charge in [0.25, 0.3) is 0 Å². The molecule has 1 aliphatic carbocycles. The maximum atomic E-state index is 14.1. The van der Waals surface area contributed by atoms with Crippen LogP contribution in [0.2, 0.25) is 5.02 Å². The molecule has 192 valence electrons. The van der Waals surface area contributed by atoms with Gasteiger partial charge in [-0.05, 0) is 25.5 Å². The van der Waals surface area contributed by atoms with Crippen LogP contribution in [0, 0.1) is 5.95 Å². The lowest BCUT2D eigenvalue weighted by Gasteiger charge is -2.24. The first-order chi connectivity index (χ1) is 18.2. The van der Waals surface area contributed by atoms with Gasteiger partial charge in [-0.15, -0.1) is 5.10 Å². The Labute approximate surface area is 217 Å². The van der Waals surface area contributed by atoms with Gasteiger partial charge in [-0.1, -0.05) is 11.6 Å². The molecule has 0 saturated heterocycles. The summed E-state index contributed by atoms with van der Waals surface area (Å²) in [7, 11) is 0. The number of anilines is 1. The van der Waals surface area contributed by atoms with Gasteiger partial charge in [0, 0.05) is 47.4 Å². The predicted octanol–water partition coefficient (Wildman–Crippen LogP) is 4.40. The van der Waals surface area contributed by atoms with Crippen LogP contribution in [0.25, 0.3) is 17.2 Å². The van der Waals surface area contributed by atoms with E-state index in [1.54, 1.807) is 25.4 Å². The van der Waals surface area contributed by atoms with Crippen molar-refractivity contribution >= 4 is 28.8 Å². The van der Waals surface area contributed by atoms with Gasteiger partial charge in [0.15, 0.2) is 11.5 Å². The van der Waals surface area contributed by atoms with Gasteiger partial charge < -0.3 is 5.32 Å². The van der Waals surface area contributed by atoms with Crippen LogP contribution in [-0.4, -0.2) is 45.2 Å². The van der Waals surface area contributed by atoms with E-state index in [-0.39, 0.29) is 17.1 Å². The Bertz CT molecular complexity index is 1690. The van der Waals surface area contributed by atoms with Gasteiger partial charge in [0.05, 0.1) is 34.7 Å². The molecule has 2 atom stereocenters. The first-order valence-corrected chi connectivity index (χ1v) is 11.7. The zero-order chi connectivity index (χ0) is 26.6. The Hall–Kier alpha value is -4.39. The summed E-state index contributed by atoms with van der Waals surface area (Å²) in [6, 6.07) is 4.35. The molecule has 0 fully saturated rings. The lowest BCUT2D eigenvalue weighted by atomic mass is 9.80. The van der Waals surface area contributed by atoms with Crippen molar-refractivity contribution < 1.29 is 18.0 Å². The summed E-state index contributed by atoms with van der Waals surface area (Å²) in [6.07, 6.45) is 8.74. The van der Waals surface area contributed by atoms with Crippen molar-refractivity contribution in [2.75, 3.05) is 5.32 Å². The quantitative estimate of drug-likeness (QED) is 0.352. The van der Waals surface area contributed by atoms with E-state index in [1.165, 1.54) is 35.4 Å². The fourth-order valence-electron chi connectivity index (χ4n) is 4.88. The smallest absolute Gasteiger partial charge is 0.324 e. The van der Waals surface area contributed by atoms with Gasteiger partial charge in [0.1, 0.15) is 5.69 Å². The summed E-state index contributed by atoms with van der Waals surface area (Å²) < 4.78 is 42.5. The number of fused-ring (bicyclic) bond motifs is 3. The lowest BCUT2D eigenvalue weighted by Crippen LogP contribution is -2.25. The molecule has 5 heterocycles. The van der Waals surface area contributed by atoms with E-state index in [1.807, 2.05) is 0 Å². The largest absolute Gasteiger partial charge is 0.333 e. The Morgan fingerprint density at radius 3 is 2.66 bits per heavy atom. The van der Waals surface area contributed by atoms with Crippen molar-refractivity contribution in [3.63, 3.8) is 0 Å². The van der Waals surface area contributed by atoms with Crippen molar-refractivity contribution in [1.29, 1.82) is 0 Å². The van der Waals surface area contributed by atoms with Crippen LogP contribution in [0.1, 0.15) is 42.6 Å². The van der Waals surface area contributed by atoms with Crippen LogP contribution in [-0.2, 0) is 10.2 Å². The second-order valence-corrected chi connectivity index (χ2v) is 9.40. The number of nitrogens with zero attached hydrogens (tertiary/aromatic N) is 8. The summed E-state index contributed by atoms with van der Waals surface area (Å²) in [4.78, 5) is 30.3. The zero-order valence-corrected chi connectivity index (χ0v) is 20.3. The molecule has 38 heavy (non-hydrogen) atoms. The molecule has 0 aliphatic heterocycles. The SMILES string of the molecule is C[C@]1(c2cnn(C(F)F)c2)C[C@@H](C(=O)Nc2cnc(-c3ncccn3)c(Cl)c2)c2cnc3cc(F)nn3c21. The molecule has 0 saturated carbocycles. The zero-order valence-electron chi connectivity index (χ0n) is 19.6. The van der Waals surface area contributed by atoms with E-state index >= 15 is 0 Å². The van der Waals surface area contributed by atoms with Gasteiger partial charge in [-0.2, -0.15) is 18.3 Å². The molecule has 5 aromatic heterocycles. The van der Waals surface area contributed by atoms with Crippen molar-refractivity contribution in [1.82, 2.24) is 39.3 Å². The molecule has 0 spiro atoms.